The Labute approximate surface area is 235 Å². The van der Waals surface area contributed by atoms with Crippen molar-refractivity contribution < 1.29 is 38.9 Å². The average molecular weight is 563 g/mol. The number of carbonyl (C=O) groups is 4. The molecule has 2 aromatic carbocycles. The number of carboxylic acids is 2. The van der Waals surface area contributed by atoms with Crippen LogP contribution >= 0.6 is 0 Å². The summed E-state index contributed by atoms with van der Waals surface area (Å²) in [7, 11) is 0. The van der Waals surface area contributed by atoms with Crippen LogP contribution in [0.5, 0.6) is 11.5 Å². The summed E-state index contributed by atoms with van der Waals surface area (Å²) in [5.41, 5.74) is 4.04. The lowest BCUT2D eigenvalue weighted by Crippen LogP contribution is -2.40. The first-order valence-electron chi connectivity index (χ1n) is 13.0. The minimum absolute atomic E-state index is 0.245. The molecule has 0 saturated heterocycles. The van der Waals surface area contributed by atoms with E-state index in [4.69, 9.17) is 31.4 Å². The van der Waals surface area contributed by atoms with E-state index in [1.165, 1.54) is 0 Å². The van der Waals surface area contributed by atoms with Crippen LogP contribution in [0.2, 0.25) is 0 Å². The number of hydrogen-bond donors (Lipinski definition) is 6. The van der Waals surface area contributed by atoms with E-state index in [1.807, 2.05) is 47.2 Å². The van der Waals surface area contributed by atoms with Crippen molar-refractivity contribution in [2.45, 2.75) is 77.4 Å². The third-order valence-corrected chi connectivity index (χ3v) is 5.17. The van der Waals surface area contributed by atoms with Gasteiger partial charge in [0.05, 0.1) is 0 Å². The van der Waals surface area contributed by atoms with Gasteiger partial charge in [0.15, 0.2) is 12.2 Å². The lowest BCUT2D eigenvalue weighted by atomic mass is 10.1. The van der Waals surface area contributed by atoms with Gasteiger partial charge in [-0.25, -0.2) is 11.7 Å². The first-order valence-corrected chi connectivity index (χ1v) is 13.0. The van der Waals surface area contributed by atoms with E-state index in [1.54, 1.807) is 38.1 Å². The van der Waals surface area contributed by atoms with Gasteiger partial charge in [-0.15, -0.1) is 0 Å². The molecule has 2 atom stereocenters. The first kappa shape index (κ1) is 35.8. The molecule has 0 spiro atoms. The highest BCUT2D eigenvalue weighted by Gasteiger charge is 2.12. The van der Waals surface area contributed by atoms with Crippen LogP contribution in [0.25, 0.3) is 0 Å². The fraction of sp³-hybridized carbons (Fsp3) is 0.429. The van der Waals surface area contributed by atoms with E-state index < -0.39 is 24.1 Å². The third-order valence-electron chi connectivity index (χ3n) is 5.17. The molecule has 2 aromatic rings. The lowest BCUT2D eigenvalue weighted by molar-refractivity contribution is -0.138. The number of hydrazine groups is 2. The van der Waals surface area contributed by atoms with Gasteiger partial charge in [0.1, 0.15) is 11.5 Å². The van der Waals surface area contributed by atoms with Crippen molar-refractivity contribution in [3.05, 3.63) is 60.7 Å². The Bertz CT molecular complexity index is 897. The van der Waals surface area contributed by atoms with Crippen molar-refractivity contribution in [2.75, 3.05) is 0 Å². The van der Waals surface area contributed by atoms with Gasteiger partial charge in [0, 0.05) is 12.8 Å². The molecule has 0 saturated carbocycles. The number of hydrogen-bond acceptors (Lipinski definition) is 8. The van der Waals surface area contributed by atoms with Crippen LogP contribution in [0, 0.1) is 0 Å². The number of nitrogens with one attached hydrogen (secondary N) is 2. The Kier molecular flexibility index (Phi) is 20.4. The van der Waals surface area contributed by atoms with E-state index >= 15 is 0 Å². The molecule has 0 radical (unpaired) electrons. The van der Waals surface area contributed by atoms with Gasteiger partial charge in [-0.05, 0) is 51.0 Å². The van der Waals surface area contributed by atoms with E-state index in [-0.39, 0.29) is 24.7 Å². The molecule has 40 heavy (non-hydrogen) atoms. The largest absolute Gasteiger partial charge is 0.481 e. The van der Waals surface area contributed by atoms with Gasteiger partial charge in [0.2, 0.25) is 0 Å². The SMILES string of the molecule is CC(Oc1ccccc1)C(=O)NN.CC(Oc1ccccc1)C(=O)NN.O=C(O)CCCCCCCCC(=O)O. The number of benzene rings is 2. The maximum absolute atomic E-state index is 11.0. The van der Waals surface area contributed by atoms with Crippen LogP contribution in [-0.4, -0.2) is 46.2 Å². The second kappa shape index (κ2) is 22.8. The van der Waals surface area contributed by atoms with Crippen molar-refractivity contribution in [2.24, 2.45) is 11.7 Å². The number of para-hydroxylation sites is 2. The molecule has 0 aliphatic rings. The van der Waals surface area contributed by atoms with Crippen molar-refractivity contribution >= 4 is 23.8 Å². The van der Waals surface area contributed by atoms with Crippen LogP contribution in [0.1, 0.15) is 65.2 Å². The Morgan fingerprint density at radius 3 is 1.20 bits per heavy atom. The lowest BCUT2D eigenvalue weighted by Gasteiger charge is -2.12. The fourth-order valence-electron chi connectivity index (χ4n) is 3.01. The summed E-state index contributed by atoms with van der Waals surface area (Å²) in [6.07, 6.45) is 4.67. The topological polar surface area (TPSA) is 203 Å². The molecule has 222 valence electrons. The van der Waals surface area contributed by atoms with E-state index in [0.29, 0.717) is 11.5 Å². The zero-order chi connectivity index (χ0) is 30.2. The van der Waals surface area contributed by atoms with Gasteiger partial charge in [0.25, 0.3) is 11.8 Å². The molecule has 0 aliphatic heterocycles. The molecule has 8 N–H and O–H groups in total. The monoisotopic (exact) mass is 562 g/mol. The van der Waals surface area contributed by atoms with Crippen LogP contribution < -0.4 is 32.0 Å². The quantitative estimate of drug-likeness (QED) is 0.0809. The van der Waals surface area contributed by atoms with Gasteiger partial charge >= 0.3 is 11.9 Å². The summed E-state index contributed by atoms with van der Waals surface area (Å²) in [4.78, 5) is 42.2. The fourth-order valence-corrected chi connectivity index (χ4v) is 3.01. The van der Waals surface area contributed by atoms with Gasteiger partial charge < -0.3 is 19.7 Å². The zero-order valence-electron chi connectivity index (χ0n) is 23.1. The summed E-state index contributed by atoms with van der Waals surface area (Å²) >= 11 is 0. The number of aliphatic carboxylic acids is 2. The second-order valence-electron chi connectivity index (χ2n) is 8.57. The molecule has 2 amide bonds. The Balaban J connectivity index is 0.000000571. The summed E-state index contributed by atoms with van der Waals surface area (Å²) in [6, 6.07) is 18.2. The van der Waals surface area contributed by atoms with E-state index in [2.05, 4.69) is 0 Å². The van der Waals surface area contributed by atoms with Gasteiger partial charge in [-0.1, -0.05) is 62.1 Å². The molecular formula is C28H42N4O8. The van der Waals surface area contributed by atoms with Gasteiger partial charge in [-0.3, -0.25) is 30.0 Å². The van der Waals surface area contributed by atoms with Crippen molar-refractivity contribution in [3.63, 3.8) is 0 Å². The number of unbranched alkanes of at least 4 members (excludes halogenated alkanes) is 5. The van der Waals surface area contributed by atoms with Crippen LogP contribution in [0.3, 0.4) is 0 Å². The van der Waals surface area contributed by atoms with Crippen LogP contribution in [0.15, 0.2) is 60.7 Å². The Hall–Kier alpha value is -4.16. The molecule has 0 aromatic heterocycles. The van der Waals surface area contributed by atoms with Crippen molar-refractivity contribution in [1.29, 1.82) is 0 Å². The smallest absolute Gasteiger partial charge is 0.303 e. The molecule has 2 rings (SSSR count). The maximum Gasteiger partial charge on any atom is 0.303 e. The Morgan fingerprint density at radius 2 is 0.925 bits per heavy atom. The van der Waals surface area contributed by atoms with E-state index in [9.17, 15) is 19.2 Å². The van der Waals surface area contributed by atoms with E-state index in [0.717, 1.165) is 38.5 Å². The average Bonchev–Trinajstić information content (AvgIpc) is 2.95. The zero-order valence-corrected chi connectivity index (χ0v) is 23.1. The second-order valence-corrected chi connectivity index (χ2v) is 8.57. The highest BCUT2D eigenvalue weighted by atomic mass is 16.5. The molecule has 12 heteroatoms. The highest BCUT2D eigenvalue weighted by molar-refractivity contribution is 5.80. The maximum atomic E-state index is 11.0. The summed E-state index contributed by atoms with van der Waals surface area (Å²) in [5, 5.41) is 16.7. The number of rotatable bonds is 15. The number of amides is 2. The highest BCUT2D eigenvalue weighted by Crippen LogP contribution is 2.11. The number of nitrogens with two attached hydrogens (primary N) is 2. The summed E-state index contributed by atoms with van der Waals surface area (Å²) in [6.45, 7) is 3.27. The number of ether oxygens (including phenoxy) is 2. The number of carboxylic acid groups (broad SMARTS) is 2. The van der Waals surface area contributed by atoms with Gasteiger partial charge in [-0.2, -0.15) is 0 Å². The molecule has 0 bridgehead atoms. The molecule has 0 heterocycles. The summed E-state index contributed by atoms with van der Waals surface area (Å²) < 4.78 is 10.5. The molecule has 2 unspecified atom stereocenters. The van der Waals surface area contributed by atoms with Crippen LogP contribution in [0.4, 0.5) is 0 Å². The molecular weight excluding hydrogens is 520 g/mol. The van der Waals surface area contributed by atoms with Crippen LogP contribution in [-0.2, 0) is 19.2 Å². The predicted molar refractivity (Wildman–Crippen MR) is 150 cm³/mol. The third kappa shape index (κ3) is 19.9. The standard InChI is InChI=1S/C10H18O4.2C9H12N2O2/c11-9(12)7-5-3-1-2-4-6-8-10(13)14;2*1-7(9(12)11-10)13-8-5-3-2-4-6-8/h1-8H2,(H,11,12)(H,13,14);2*2-7H,10H2,1H3,(H,11,12). The van der Waals surface area contributed by atoms with Crippen molar-refractivity contribution in [3.8, 4) is 11.5 Å². The molecule has 0 aliphatic carbocycles. The Morgan fingerprint density at radius 1 is 0.625 bits per heavy atom. The minimum atomic E-state index is -0.740. The molecule has 0 fully saturated rings. The first-order chi connectivity index (χ1) is 19.1. The minimum Gasteiger partial charge on any atom is -0.481 e. The normalized spacial score (nSPS) is 11.2. The molecule has 12 nitrogen and oxygen atoms in total. The number of carbonyl (C=O) groups excluding carboxylic acids is 2. The van der Waals surface area contributed by atoms with Crippen molar-refractivity contribution in [1.82, 2.24) is 10.9 Å². The summed E-state index contributed by atoms with van der Waals surface area (Å²) in [5.74, 6) is 9.03. The predicted octanol–water partition coefficient (Wildman–Crippen LogP) is 3.16.